The third-order valence-electron chi connectivity index (χ3n) is 3.16. The number of halogens is 4. The molecule has 0 bridgehead atoms. The number of guanidine groups is 1. The van der Waals surface area contributed by atoms with Gasteiger partial charge in [0.25, 0.3) is 0 Å². The lowest BCUT2D eigenvalue weighted by Crippen LogP contribution is -2.39. The summed E-state index contributed by atoms with van der Waals surface area (Å²) in [4.78, 5) is 11.7. The second-order valence-corrected chi connectivity index (χ2v) is 5.28. The molecular weight excluding hydrogens is 476 g/mol. The number of aromatic nitrogens is 2. The Balaban J connectivity index is 0.00000676. The number of hydrogen-bond donors (Lipinski definition) is 3. The zero-order valence-corrected chi connectivity index (χ0v) is 17.9. The molecule has 0 atom stereocenters. The van der Waals surface area contributed by atoms with Crippen LogP contribution in [0.4, 0.5) is 19.1 Å². The molecule has 0 spiro atoms. The number of rotatable bonds is 11. The third kappa shape index (κ3) is 11.8. The van der Waals surface area contributed by atoms with E-state index in [1.807, 2.05) is 13.8 Å². The van der Waals surface area contributed by atoms with Gasteiger partial charge in [-0.2, -0.15) is 13.2 Å². The average Bonchev–Trinajstić information content (AvgIpc) is 2.61. The molecule has 0 amide bonds. The minimum atomic E-state index is -4.48. The van der Waals surface area contributed by atoms with Crippen LogP contribution in [-0.2, 0) is 10.9 Å². The van der Waals surface area contributed by atoms with Crippen molar-refractivity contribution >= 4 is 35.9 Å². The Kier molecular flexibility index (Phi) is 13.9. The first-order chi connectivity index (χ1) is 12.5. The standard InChI is InChI=1S/C16H27F3N6O.HI/c1-3-20-14(21-8-5-6-12-26-4-2)23-10-11-24-15-22-9-7-13(25-15)16(17,18)19;/h7,9H,3-6,8,10-12H2,1-2H3,(H2,20,21,23)(H,22,24,25);1H. The molecule has 0 saturated heterocycles. The number of aliphatic imine (C=N–C) groups is 1. The van der Waals surface area contributed by atoms with Crippen LogP contribution in [0.3, 0.4) is 0 Å². The topological polar surface area (TPSA) is 83.5 Å². The molecule has 0 unspecified atom stereocenters. The van der Waals surface area contributed by atoms with Crippen LogP contribution >= 0.6 is 24.0 Å². The molecule has 11 heteroatoms. The number of nitrogens with zero attached hydrogens (tertiary/aromatic N) is 3. The normalized spacial score (nSPS) is 11.7. The van der Waals surface area contributed by atoms with E-state index in [0.29, 0.717) is 25.6 Å². The SMILES string of the molecule is CCNC(=NCCCCOCC)NCCNc1nccc(C(F)(F)F)n1.I. The molecule has 0 aliphatic carbocycles. The molecule has 156 valence electrons. The van der Waals surface area contributed by atoms with Gasteiger partial charge in [0.1, 0.15) is 5.69 Å². The van der Waals surface area contributed by atoms with Crippen molar-refractivity contribution in [2.45, 2.75) is 32.9 Å². The highest BCUT2D eigenvalue weighted by Gasteiger charge is 2.32. The summed E-state index contributed by atoms with van der Waals surface area (Å²) in [6.45, 7) is 7.58. The fraction of sp³-hybridized carbons (Fsp3) is 0.688. The molecule has 0 aromatic carbocycles. The summed E-state index contributed by atoms with van der Waals surface area (Å²) in [6, 6.07) is 0.838. The number of hydrogen-bond acceptors (Lipinski definition) is 5. The van der Waals surface area contributed by atoms with E-state index in [-0.39, 0.29) is 29.9 Å². The quantitative estimate of drug-likeness (QED) is 0.186. The van der Waals surface area contributed by atoms with Crippen LogP contribution < -0.4 is 16.0 Å². The Morgan fingerprint density at radius 3 is 2.63 bits per heavy atom. The fourth-order valence-electron chi connectivity index (χ4n) is 1.95. The van der Waals surface area contributed by atoms with Crippen LogP contribution in [0, 0.1) is 0 Å². The van der Waals surface area contributed by atoms with Crippen LogP contribution in [0.5, 0.6) is 0 Å². The largest absolute Gasteiger partial charge is 0.433 e. The van der Waals surface area contributed by atoms with Crippen LogP contribution in [0.1, 0.15) is 32.4 Å². The number of anilines is 1. The van der Waals surface area contributed by atoms with E-state index in [1.165, 1.54) is 0 Å². The van der Waals surface area contributed by atoms with Crippen LogP contribution in [-0.4, -0.2) is 55.3 Å². The number of alkyl halides is 3. The summed E-state index contributed by atoms with van der Waals surface area (Å²) in [5.74, 6) is 0.607. The maximum Gasteiger partial charge on any atom is 0.433 e. The van der Waals surface area contributed by atoms with E-state index in [2.05, 4.69) is 30.9 Å². The van der Waals surface area contributed by atoms with Crippen molar-refractivity contribution in [1.82, 2.24) is 20.6 Å². The molecule has 27 heavy (non-hydrogen) atoms. The third-order valence-corrected chi connectivity index (χ3v) is 3.16. The maximum absolute atomic E-state index is 12.6. The number of ether oxygens (including phenoxy) is 1. The van der Waals surface area contributed by atoms with Gasteiger partial charge < -0.3 is 20.7 Å². The predicted molar refractivity (Wildman–Crippen MR) is 111 cm³/mol. The van der Waals surface area contributed by atoms with Gasteiger partial charge in [-0.05, 0) is 32.8 Å². The van der Waals surface area contributed by atoms with E-state index in [1.54, 1.807) is 0 Å². The summed E-state index contributed by atoms with van der Waals surface area (Å²) >= 11 is 0. The van der Waals surface area contributed by atoms with Crippen molar-refractivity contribution in [2.75, 3.05) is 44.7 Å². The summed E-state index contributed by atoms with van der Waals surface area (Å²) in [5.41, 5.74) is -0.968. The van der Waals surface area contributed by atoms with Gasteiger partial charge in [-0.1, -0.05) is 0 Å². The Hall–Kier alpha value is -1.37. The molecule has 1 aromatic rings. The summed E-state index contributed by atoms with van der Waals surface area (Å²) in [6.07, 6.45) is -1.53. The molecule has 0 aliphatic heterocycles. The second kappa shape index (κ2) is 14.7. The van der Waals surface area contributed by atoms with Crippen LogP contribution in [0.15, 0.2) is 17.3 Å². The highest BCUT2D eigenvalue weighted by Crippen LogP contribution is 2.27. The van der Waals surface area contributed by atoms with Gasteiger partial charge in [0.05, 0.1) is 0 Å². The smallest absolute Gasteiger partial charge is 0.382 e. The number of unbranched alkanes of at least 4 members (excludes halogenated alkanes) is 1. The maximum atomic E-state index is 12.6. The molecular formula is C16H28F3IN6O. The van der Waals surface area contributed by atoms with E-state index in [9.17, 15) is 13.2 Å². The molecule has 1 aromatic heterocycles. The van der Waals surface area contributed by atoms with Gasteiger partial charge in [0.2, 0.25) is 5.95 Å². The van der Waals surface area contributed by atoms with Gasteiger partial charge in [-0.15, -0.1) is 24.0 Å². The van der Waals surface area contributed by atoms with Crippen molar-refractivity contribution in [3.8, 4) is 0 Å². The van der Waals surface area contributed by atoms with Crippen molar-refractivity contribution in [2.24, 2.45) is 4.99 Å². The van der Waals surface area contributed by atoms with Gasteiger partial charge >= 0.3 is 6.18 Å². The fourth-order valence-corrected chi connectivity index (χ4v) is 1.95. The summed E-state index contributed by atoms with van der Waals surface area (Å²) < 4.78 is 43.1. The predicted octanol–water partition coefficient (Wildman–Crippen LogP) is 2.90. The Labute approximate surface area is 175 Å². The second-order valence-electron chi connectivity index (χ2n) is 5.28. The minimum absolute atomic E-state index is 0. The van der Waals surface area contributed by atoms with Crippen molar-refractivity contribution in [1.29, 1.82) is 0 Å². The van der Waals surface area contributed by atoms with Crippen LogP contribution in [0.25, 0.3) is 0 Å². The van der Waals surface area contributed by atoms with Crippen molar-refractivity contribution in [3.63, 3.8) is 0 Å². The first-order valence-corrected chi connectivity index (χ1v) is 8.71. The van der Waals surface area contributed by atoms with Gasteiger partial charge in [-0.25, -0.2) is 9.97 Å². The molecule has 3 N–H and O–H groups in total. The lowest BCUT2D eigenvalue weighted by Gasteiger charge is -2.12. The highest BCUT2D eigenvalue weighted by molar-refractivity contribution is 14.0. The van der Waals surface area contributed by atoms with E-state index >= 15 is 0 Å². The Bertz CT molecular complexity index is 545. The molecule has 1 heterocycles. The first kappa shape index (κ1) is 25.6. The van der Waals surface area contributed by atoms with Gasteiger partial charge in [0, 0.05) is 45.6 Å². The zero-order valence-electron chi connectivity index (χ0n) is 15.6. The van der Waals surface area contributed by atoms with Crippen LogP contribution in [0.2, 0.25) is 0 Å². The van der Waals surface area contributed by atoms with Gasteiger partial charge in [-0.3, -0.25) is 4.99 Å². The highest BCUT2D eigenvalue weighted by atomic mass is 127. The summed E-state index contributed by atoms with van der Waals surface area (Å²) in [5, 5.41) is 8.98. The van der Waals surface area contributed by atoms with Gasteiger partial charge in [0.15, 0.2) is 5.96 Å². The summed E-state index contributed by atoms with van der Waals surface area (Å²) in [7, 11) is 0. The number of nitrogens with one attached hydrogen (secondary N) is 3. The zero-order chi connectivity index (χ0) is 19.3. The minimum Gasteiger partial charge on any atom is -0.382 e. The van der Waals surface area contributed by atoms with E-state index in [4.69, 9.17) is 4.74 Å². The van der Waals surface area contributed by atoms with Crippen molar-refractivity contribution < 1.29 is 17.9 Å². The molecule has 0 aliphatic rings. The lowest BCUT2D eigenvalue weighted by atomic mass is 10.3. The lowest BCUT2D eigenvalue weighted by molar-refractivity contribution is -0.141. The molecule has 1 rings (SSSR count). The Morgan fingerprint density at radius 1 is 1.19 bits per heavy atom. The molecule has 0 fully saturated rings. The molecule has 0 saturated carbocycles. The first-order valence-electron chi connectivity index (χ1n) is 8.71. The van der Waals surface area contributed by atoms with E-state index < -0.39 is 11.9 Å². The van der Waals surface area contributed by atoms with Crippen molar-refractivity contribution in [3.05, 3.63) is 18.0 Å². The van der Waals surface area contributed by atoms with E-state index in [0.717, 1.165) is 44.9 Å². The Morgan fingerprint density at radius 2 is 1.96 bits per heavy atom. The monoisotopic (exact) mass is 504 g/mol. The average molecular weight is 504 g/mol. The molecule has 7 nitrogen and oxygen atoms in total. The molecule has 0 radical (unpaired) electrons.